The molecule has 0 aliphatic carbocycles. The van der Waals surface area contributed by atoms with Crippen molar-refractivity contribution in [2.24, 2.45) is 0 Å². The summed E-state index contributed by atoms with van der Waals surface area (Å²) in [6.45, 7) is 13.2. The van der Waals surface area contributed by atoms with Crippen LogP contribution in [0.3, 0.4) is 0 Å². The number of benzene rings is 2. The van der Waals surface area contributed by atoms with Gasteiger partial charge < -0.3 is 14.9 Å². The first kappa shape index (κ1) is 31.8. The predicted octanol–water partition coefficient (Wildman–Crippen LogP) is 8.15. The minimum Gasteiger partial charge on any atom is -0.444 e. The molecule has 0 bridgehead atoms. The monoisotopic (exact) mass is 494 g/mol. The van der Waals surface area contributed by atoms with Gasteiger partial charge in [0.2, 0.25) is 0 Å². The van der Waals surface area contributed by atoms with Crippen molar-refractivity contribution in [1.82, 2.24) is 0 Å². The fourth-order valence-corrected chi connectivity index (χ4v) is 2.94. The molecule has 0 aliphatic heterocycles. The first-order chi connectivity index (χ1) is 16.3. The van der Waals surface area contributed by atoms with Crippen LogP contribution in [0.25, 0.3) is 0 Å². The third-order valence-corrected chi connectivity index (χ3v) is 4.53. The van der Waals surface area contributed by atoms with Crippen molar-refractivity contribution in [3.63, 3.8) is 0 Å². The lowest BCUT2D eigenvalue weighted by Gasteiger charge is -2.20. The summed E-state index contributed by atoms with van der Waals surface area (Å²) in [4.78, 5) is 22.4. The summed E-state index contributed by atoms with van der Waals surface area (Å²) in [5.41, 5.74) is 1.65. The molecule has 5 nitrogen and oxygen atoms in total. The number of rotatable bonds is 6. The Morgan fingerprint density at radius 1 is 1.09 bits per heavy atom. The number of amides is 1. The molecule has 1 atom stereocenters. The maximum absolute atomic E-state index is 12.3. The number of halogens is 3. The average molecular weight is 495 g/mol. The summed E-state index contributed by atoms with van der Waals surface area (Å²) in [6.07, 6.45) is -1.33. The number of carbonyl (C=O) groups excluding carboxylic acids is 2. The number of nitrogens with one attached hydrogen (secondary N) is 2. The second kappa shape index (κ2) is 15.0. The molecule has 2 rings (SSSR count). The highest BCUT2D eigenvalue weighted by Gasteiger charge is 2.30. The second-order valence-electron chi connectivity index (χ2n) is 8.46. The first-order valence-corrected chi connectivity index (χ1v) is 11.5. The van der Waals surface area contributed by atoms with Crippen LogP contribution in [-0.2, 0) is 15.7 Å². The molecule has 0 aliphatic rings. The molecule has 2 aromatic carbocycles. The van der Waals surface area contributed by atoms with Crippen LogP contribution in [0.5, 0.6) is 0 Å². The summed E-state index contributed by atoms with van der Waals surface area (Å²) >= 11 is 0. The molecule has 0 fully saturated rings. The van der Waals surface area contributed by atoms with Crippen molar-refractivity contribution in [2.75, 3.05) is 5.32 Å². The van der Waals surface area contributed by atoms with Crippen LogP contribution in [-0.4, -0.2) is 24.2 Å². The van der Waals surface area contributed by atoms with E-state index in [-0.39, 0.29) is 5.92 Å². The van der Waals surface area contributed by atoms with Gasteiger partial charge in [-0.05, 0) is 63.4 Å². The molecule has 0 saturated heterocycles. The number of hydrogen-bond acceptors (Lipinski definition) is 4. The zero-order valence-corrected chi connectivity index (χ0v) is 21.5. The molecule has 8 heteroatoms. The average Bonchev–Trinajstić information content (AvgIpc) is 2.78. The van der Waals surface area contributed by atoms with Gasteiger partial charge in [0.1, 0.15) is 11.9 Å². The smallest absolute Gasteiger partial charge is 0.416 e. The molecule has 1 amide bonds. The molecule has 0 saturated carbocycles. The number of carbonyl (C=O) groups is 2. The Labute approximate surface area is 206 Å². The van der Waals surface area contributed by atoms with Gasteiger partial charge in [-0.15, -0.1) is 0 Å². The third kappa shape index (κ3) is 11.7. The number of ether oxygens (including phenoxy) is 1. The first-order valence-electron chi connectivity index (χ1n) is 11.5. The van der Waals surface area contributed by atoms with Gasteiger partial charge in [-0.2, -0.15) is 13.2 Å². The summed E-state index contributed by atoms with van der Waals surface area (Å²) in [5.74, 6) is -0.299. The minimum absolute atomic E-state index is 0.299. The Morgan fingerprint density at radius 2 is 1.66 bits per heavy atom. The van der Waals surface area contributed by atoms with Gasteiger partial charge in [0, 0.05) is 17.7 Å². The second-order valence-corrected chi connectivity index (χ2v) is 8.46. The highest BCUT2D eigenvalue weighted by atomic mass is 19.4. The van der Waals surface area contributed by atoms with E-state index in [1.807, 2.05) is 39.8 Å². The number of alkyl halides is 3. The lowest BCUT2D eigenvalue weighted by Crippen LogP contribution is -2.27. The molecule has 0 spiro atoms. The van der Waals surface area contributed by atoms with Crippen LogP contribution in [0, 0.1) is 12.3 Å². The zero-order valence-electron chi connectivity index (χ0n) is 21.5. The molecule has 194 valence electrons. The fraction of sp³-hybridized carbons (Fsp3) is 0.444. The highest BCUT2D eigenvalue weighted by molar-refractivity contribution is 5.95. The van der Waals surface area contributed by atoms with Gasteiger partial charge in [0.25, 0.3) is 0 Å². The van der Waals surface area contributed by atoms with Crippen LogP contribution in [0.15, 0.2) is 42.5 Å². The van der Waals surface area contributed by atoms with Crippen molar-refractivity contribution in [3.05, 3.63) is 64.7 Å². The van der Waals surface area contributed by atoms with Crippen LogP contribution >= 0.6 is 0 Å². The topological polar surface area (TPSA) is 79.2 Å². The predicted molar refractivity (Wildman–Crippen MR) is 135 cm³/mol. The van der Waals surface area contributed by atoms with Crippen LogP contribution in [0.1, 0.15) is 82.6 Å². The van der Waals surface area contributed by atoms with Crippen LogP contribution < -0.4 is 5.32 Å². The Bertz CT molecular complexity index is 934. The summed E-state index contributed by atoms with van der Waals surface area (Å²) in [6, 6.07) is 10.2. The molecular weight excluding hydrogens is 457 g/mol. The molecule has 0 aromatic heterocycles. The summed E-state index contributed by atoms with van der Waals surface area (Å²) < 4.78 is 42.0. The molecule has 35 heavy (non-hydrogen) atoms. The largest absolute Gasteiger partial charge is 0.444 e. The number of anilines is 1. The lowest BCUT2D eigenvalue weighted by molar-refractivity contribution is -0.137. The van der Waals surface area contributed by atoms with Gasteiger partial charge in [-0.25, -0.2) is 4.79 Å². The zero-order chi connectivity index (χ0) is 27.2. The van der Waals surface area contributed by atoms with Gasteiger partial charge in [-0.3, -0.25) is 5.32 Å². The van der Waals surface area contributed by atoms with E-state index in [0.29, 0.717) is 23.2 Å². The van der Waals surface area contributed by atoms with Crippen molar-refractivity contribution >= 4 is 24.3 Å². The SMILES string of the molecule is CC.CCCC(C=O)c1ccc(C(F)(F)F)cc1.Cc1cccc(NC(=O)OC(C)(C)C)c1C=N. The molecule has 0 radical (unpaired) electrons. The van der Waals surface area contributed by atoms with Gasteiger partial charge >= 0.3 is 12.3 Å². The van der Waals surface area contributed by atoms with Crippen molar-refractivity contribution in [1.29, 1.82) is 5.41 Å². The quantitative estimate of drug-likeness (QED) is 0.314. The maximum atomic E-state index is 12.3. The van der Waals surface area contributed by atoms with Gasteiger partial charge in [-0.1, -0.05) is 51.5 Å². The van der Waals surface area contributed by atoms with E-state index >= 15 is 0 Å². The van der Waals surface area contributed by atoms with Crippen molar-refractivity contribution < 1.29 is 27.5 Å². The van der Waals surface area contributed by atoms with Crippen molar-refractivity contribution in [3.8, 4) is 0 Å². The Morgan fingerprint density at radius 3 is 2.09 bits per heavy atom. The summed E-state index contributed by atoms with van der Waals surface area (Å²) in [7, 11) is 0. The lowest BCUT2D eigenvalue weighted by atomic mass is 9.95. The molecule has 1 unspecified atom stereocenters. The Hall–Kier alpha value is -3.16. The van der Waals surface area contributed by atoms with E-state index in [9.17, 15) is 22.8 Å². The standard InChI is InChI=1S/C13H18N2O2.C12H13F3O.C2H6/c1-9-6-5-7-11(10(9)8-14)15-12(16)17-13(2,3)4;1-2-3-10(8-16)9-4-6-11(7-5-9)12(13,14)15;1-2/h5-8,14H,1-4H3,(H,15,16);4-8,10H,2-3H2,1H3;1-2H3. The fourth-order valence-electron chi connectivity index (χ4n) is 2.94. The Kier molecular flexibility index (Phi) is 13.6. The molecule has 2 aromatic rings. The molecular formula is C27H37F3N2O3. The number of aldehydes is 1. The highest BCUT2D eigenvalue weighted by Crippen LogP contribution is 2.30. The molecule has 2 N–H and O–H groups in total. The van der Waals surface area contributed by atoms with E-state index in [4.69, 9.17) is 10.1 Å². The van der Waals surface area contributed by atoms with Crippen LogP contribution in [0.4, 0.5) is 23.7 Å². The van der Waals surface area contributed by atoms with Crippen LogP contribution in [0.2, 0.25) is 0 Å². The van der Waals surface area contributed by atoms with E-state index in [1.54, 1.807) is 26.8 Å². The Balaban J connectivity index is 0.000000618. The normalized spacial score (nSPS) is 11.6. The number of aryl methyl sites for hydroxylation is 1. The third-order valence-electron chi connectivity index (χ3n) is 4.53. The summed E-state index contributed by atoms with van der Waals surface area (Å²) in [5, 5.41) is 9.98. The maximum Gasteiger partial charge on any atom is 0.416 e. The van der Waals surface area contributed by atoms with E-state index in [1.165, 1.54) is 18.3 Å². The number of hydrogen-bond donors (Lipinski definition) is 2. The van der Waals surface area contributed by atoms with Crippen molar-refractivity contribution in [2.45, 2.75) is 79.0 Å². The van der Waals surface area contributed by atoms with E-state index in [0.717, 1.165) is 30.4 Å². The van der Waals surface area contributed by atoms with E-state index < -0.39 is 23.4 Å². The minimum atomic E-state index is -4.32. The van der Waals surface area contributed by atoms with Gasteiger partial charge in [0.15, 0.2) is 0 Å². The van der Waals surface area contributed by atoms with Gasteiger partial charge in [0.05, 0.1) is 11.3 Å². The van der Waals surface area contributed by atoms with E-state index in [2.05, 4.69) is 5.32 Å². The molecule has 0 heterocycles.